The monoisotopic (exact) mass is 281 g/mol. The van der Waals surface area contributed by atoms with Crippen molar-refractivity contribution in [1.82, 2.24) is 15.1 Å². The maximum absolute atomic E-state index is 12.2. The molecule has 20 heavy (non-hydrogen) atoms. The second kappa shape index (κ2) is 7.43. The van der Waals surface area contributed by atoms with Crippen LogP contribution in [0.3, 0.4) is 0 Å². The molecule has 0 saturated heterocycles. The lowest BCUT2D eigenvalue weighted by Crippen LogP contribution is -2.52. The molecule has 0 bridgehead atoms. The van der Waals surface area contributed by atoms with Gasteiger partial charge in [0.15, 0.2) is 0 Å². The Labute approximate surface area is 121 Å². The van der Waals surface area contributed by atoms with E-state index in [1.807, 2.05) is 37.7 Å². The molecule has 1 aromatic heterocycles. The van der Waals surface area contributed by atoms with Gasteiger partial charge in [0.25, 0.3) is 0 Å². The minimum absolute atomic E-state index is 0.127. The molecule has 0 radical (unpaired) electrons. The van der Waals surface area contributed by atoms with Gasteiger partial charge in [0.1, 0.15) is 5.54 Å². The largest absolute Gasteiger partial charge is 0.465 e. The number of carbonyl (C=O) groups excluding carboxylic acids is 1. The lowest BCUT2D eigenvalue weighted by atomic mass is 9.93. The predicted molar refractivity (Wildman–Crippen MR) is 79.6 cm³/mol. The van der Waals surface area contributed by atoms with E-state index in [2.05, 4.69) is 24.3 Å². The average molecular weight is 281 g/mol. The zero-order valence-corrected chi connectivity index (χ0v) is 13.3. The lowest BCUT2D eigenvalue weighted by molar-refractivity contribution is -0.151. The van der Waals surface area contributed by atoms with Gasteiger partial charge in [0.2, 0.25) is 0 Å². The van der Waals surface area contributed by atoms with E-state index in [9.17, 15) is 4.79 Å². The highest BCUT2D eigenvalue weighted by molar-refractivity contribution is 5.80. The summed E-state index contributed by atoms with van der Waals surface area (Å²) in [5, 5.41) is 7.74. The Kier molecular flexibility index (Phi) is 6.20. The van der Waals surface area contributed by atoms with Gasteiger partial charge in [0.05, 0.1) is 18.3 Å². The van der Waals surface area contributed by atoms with Crippen molar-refractivity contribution in [1.29, 1.82) is 0 Å². The fraction of sp³-hybridized carbons (Fsp3) is 0.733. The number of nitrogens with zero attached hydrogens (tertiary/aromatic N) is 2. The molecule has 0 aromatic carbocycles. The molecular formula is C15H27N3O2. The van der Waals surface area contributed by atoms with Gasteiger partial charge in [-0.05, 0) is 53.1 Å². The first-order chi connectivity index (χ1) is 9.42. The summed E-state index contributed by atoms with van der Waals surface area (Å²) in [6.45, 7) is 11.0. The number of ether oxygens (including phenoxy) is 1. The summed E-state index contributed by atoms with van der Waals surface area (Å²) in [7, 11) is 0. The van der Waals surface area contributed by atoms with E-state index in [0.717, 1.165) is 18.7 Å². The minimum atomic E-state index is -0.675. The van der Waals surface area contributed by atoms with Gasteiger partial charge >= 0.3 is 5.97 Å². The van der Waals surface area contributed by atoms with Gasteiger partial charge in [-0.15, -0.1) is 0 Å². The number of carbonyl (C=O) groups is 1. The molecule has 5 nitrogen and oxygen atoms in total. The Morgan fingerprint density at radius 2 is 2.25 bits per heavy atom. The first-order valence-corrected chi connectivity index (χ1v) is 7.37. The van der Waals surface area contributed by atoms with Crippen molar-refractivity contribution in [3.8, 4) is 0 Å². The third-order valence-electron chi connectivity index (χ3n) is 3.39. The van der Waals surface area contributed by atoms with Gasteiger partial charge in [-0.2, -0.15) is 5.10 Å². The molecule has 2 atom stereocenters. The van der Waals surface area contributed by atoms with E-state index in [1.165, 1.54) is 0 Å². The molecule has 0 saturated carbocycles. The molecular weight excluding hydrogens is 254 g/mol. The van der Waals surface area contributed by atoms with Crippen LogP contribution in [0.5, 0.6) is 0 Å². The van der Waals surface area contributed by atoms with Crippen LogP contribution in [0, 0.1) is 6.92 Å². The van der Waals surface area contributed by atoms with Gasteiger partial charge in [0, 0.05) is 6.20 Å². The molecule has 0 amide bonds. The Morgan fingerprint density at radius 1 is 1.55 bits per heavy atom. The number of hydrogen-bond donors (Lipinski definition) is 1. The van der Waals surface area contributed by atoms with Crippen molar-refractivity contribution in [2.45, 2.75) is 59.0 Å². The number of hydrogen-bond acceptors (Lipinski definition) is 4. The molecule has 1 N–H and O–H groups in total. The Morgan fingerprint density at radius 3 is 2.75 bits per heavy atom. The van der Waals surface area contributed by atoms with E-state index < -0.39 is 5.54 Å². The van der Waals surface area contributed by atoms with Crippen molar-refractivity contribution in [3.63, 3.8) is 0 Å². The summed E-state index contributed by atoms with van der Waals surface area (Å²) < 4.78 is 7.12. The Hall–Kier alpha value is -1.36. The van der Waals surface area contributed by atoms with Gasteiger partial charge in [-0.1, -0.05) is 6.92 Å². The predicted octanol–water partition coefficient (Wildman–Crippen LogP) is 2.46. The van der Waals surface area contributed by atoms with Crippen LogP contribution in [-0.4, -0.2) is 34.4 Å². The van der Waals surface area contributed by atoms with E-state index in [1.54, 1.807) is 0 Å². The number of aromatic nitrogens is 2. The number of aryl methyl sites for hydroxylation is 1. The average Bonchev–Trinajstić information content (AvgIpc) is 2.83. The van der Waals surface area contributed by atoms with Crippen molar-refractivity contribution in [2.75, 3.05) is 13.2 Å². The topological polar surface area (TPSA) is 56.2 Å². The number of rotatable bonds is 8. The van der Waals surface area contributed by atoms with E-state index in [0.29, 0.717) is 13.0 Å². The zero-order valence-electron chi connectivity index (χ0n) is 13.3. The second-order valence-corrected chi connectivity index (χ2v) is 5.47. The summed E-state index contributed by atoms with van der Waals surface area (Å²) in [4.78, 5) is 12.2. The highest BCUT2D eigenvalue weighted by atomic mass is 16.5. The highest BCUT2D eigenvalue weighted by Crippen LogP contribution is 2.22. The maximum Gasteiger partial charge on any atom is 0.326 e. The summed E-state index contributed by atoms with van der Waals surface area (Å²) in [5.74, 6) is -0.191. The first-order valence-electron chi connectivity index (χ1n) is 7.37. The standard InChI is InChI=1S/C15H27N3O2/c1-6-9-16-15(5,14(19)20-7-2)11-13(4)18-10-8-12(3)17-18/h8,10,13,16H,6-7,9,11H2,1-5H3. The van der Waals surface area contributed by atoms with Gasteiger partial charge < -0.3 is 10.1 Å². The molecule has 0 aliphatic heterocycles. The van der Waals surface area contributed by atoms with Crippen LogP contribution in [0.15, 0.2) is 12.3 Å². The van der Waals surface area contributed by atoms with Crippen molar-refractivity contribution >= 4 is 5.97 Å². The molecule has 0 aliphatic rings. The van der Waals surface area contributed by atoms with Crippen LogP contribution in [-0.2, 0) is 9.53 Å². The fourth-order valence-corrected chi connectivity index (χ4v) is 2.28. The molecule has 0 aliphatic carbocycles. The molecule has 1 aromatic rings. The zero-order chi connectivity index (χ0) is 15.2. The van der Waals surface area contributed by atoms with Crippen LogP contribution in [0.1, 0.15) is 52.3 Å². The first kappa shape index (κ1) is 16.7. The van der Waals surface area contributed by atoms with Gasteiger partial charge in [-0.3, -0.25) is 9.48 Å². The lowest BCUT2D eigenvalue weighted by Gasteiger charge is -2.31. The van der Waals surface area contributed by atoms with Crippen molar-refractivity contribution in [2.24, 2.45) is 0 Å². The molecule has 1 rings (SSSR count). The van der Waals surface area contributed by atoms with E-state index >= 15 is 0 Å². The van der Waals surface area contributed by atoms with Crippen molar-refractivity contribution in [3.05, 3.63) is 18.0 Å². The minimum Gasteiger partial charge on any atom is -0.465 e. The van der Waals surface area contributed by atoms with E-state index in [-0.39, 0.29) is 12.0 Å². The van der Waals surface area contributed by atoms with Crippen LogP contribution in [0.4, 0.5) is 0 Å². The third kappa shape index (κ3) is 4.34. The van der Waals surface area contributed by atoms with Crippen LogP contribution in [0.25, 0.3) is 0 Å². The SMILES string of the molecule is CCCNC(C)(CC(C)n1ccc(C)n1)C(=O)OCC. The third-order valence-corrected chi connectivity index (χ3v) is 3.39. The van der Waals surface area contributed by atoms with E-state index in [4.69, 9.17) is 4.74 Å². The highest BCUT2D eigenvalue weighted by Gasteiger charge is 2.36. The molecule has 0 spiro atoms. The van der Waals surface area contributed by atoms with Crippen LogP contribution < -0.4 is 5.32 Å². The maximum atomic E-state index is 12.2. The van der Waals surface area contributed by atoms with Crippen LogP contribution in [0.2, 0.25) is 0 Å². The Balaban J connectivity index is 2.80. The summed E-state index contributed by atoms with van der Waals surface area (Å²) in [6.07, 6.45) is 3.57. The summed E-state index contributed by atoms with van der Waals surface area (Å²) in [5.41, 5.74) is 0.307. The molecule has 2 unspecified atom stereocenters. The summed E-state index contributed by atoms with van der Waals surface area (Å²) >= 11 is 0. The number of nitrogens with one attached hydrogen (secondary N) is 1. The Bertz CT molecular complexity index is 431. The normalized spacial score (nSPS) is 15.7. The van der Waals surface area contributed by atoms with Crippen LogP contribution >= 0.6 is 0 Å². The van der Waals surface area contributed by atoms with Crippen molar-refractivity contribution < 1.29 is 9.53 Å². The molecule has 114 valence electrons. The van der Waals surface area contributed by atoms with Gasteiger partial charge in [-0.25, -0.2) is 0 Å². The fourth-order valence-electron chi connectivity index (χ4n) is 2.28. The molecule has 0 fully saturated rings. The quantitative estimate of drug-likeness (QED) is 0.744. The molecule has 1 heterocycles. The number of esters is 1. The second-order valence-electron chi connectivity index (χ2n) is 5.47. The summed E-state index contributed by atoms with van der Waals surface area (Å²) in [6, 6.07) is 2.10. The molecule has 5 heteroatoms. The smallest absolute Gasteiger partial charge is 0.326 e.